The van der Waals surface area contributed by atoms with Crippen LogP contribution in [0, 0.1) is 0 Å². The number of ether oxygens (including phenoxy) is 1. The molecule has 1 N–H and O–H groups in total. The van der Waals surface area contributed by atoms with Gasteiger partial charge < -0.3 is 23.9 Å². The van der Waals surface area contributed by atoms with Crippen LogP contribution in [0.15, 0.2) is 67.4 Å². The molecule has 0 spiro atoms. The summed E-state index contributed by atoms with van der Waals surface area (Å²) in [6.07, 6.45) is 8.72. The highest BCUT2D eigenvalue weighted by atomic mass is 16.5. The average Bonchev–Trinajstić information content (AvgIpc) is 3.53. The molecule has 1 fully saturated rings. The van der Waals surface area contributed by atoms with Crippen molar-refractivity contribution in [2.45, 2.75) is 26.1 Å². The number of aryl methyl sites for hydroxylation is 1. The van der Waals surface area contributed by atoms with Crippen molar-refractivity contribution in [2.24, 2.45) is 0 Å². The number of piperazine rings is 1. The fraction of sp³-hybridized carbons (Fsp3) is 0.357. The molecule has 2 aromatic carbocycles. The lowest BCUT2D eigenvalue weighted by Crippen LogP contribution is -2.46. The number of carboxylic acid groups (broad SMARTS) is 1. The zero-order valence-electron chi connectivity index (χ0n) is 20.7. The fourth-order valence-corrected chi connectivity index (χ4v) is 5.01. The Morgan fingerprint density at radius 2 is 1.78 bits per heavy atom. The number of hydrogen-bond acceptors (Lipinski definition) is 5. The number of methoxy groups -OCH3 is 1. The molecule has 8 nitrogen and oxygen atoms in total. The minimum absolute atomic E-state index is 0.323. The Morgan fingerprint density at radius 1 is 1.00 bits per heavy atom. The maximum atomic E-state index is 11.6. The fourth-order valence-electron chi connectivity index (χ4n) is 5.01. The van der Waals surface area contributed by atoms with Crippen LogP contribution in [0.5, 0.6) is 5.75 Å². The maximum Gasteiger partial charge on any atom is 0.335 e. The third kappa shape index (κ3) is 5.61. The van der Waals surface area contributed by atoms with Gasteiger partial charge >= 0.3 is 5.97 Å². The summed E-state index contributed by atoms with van der Waals surface area (Å²) in [7, 11) is 1.70. The Balaban J connectivity index is 1.17. The number of carboxylic acids is 1. The van der Waals surface area contributed by atoms with E-state index in [2.05, 4.69) is 37.7 Å². The average molecular weight is 488 g/mol. The van der Waals surface area contributed by atoms with Crippen LogP contribution in [0.1, 0.15) is 27.9 Å². The summed E-state index contributed by atoms with van der Waals surface area (Å²) in [5.74, 6) is 0.000365. The van der Waals surface area contributed by atoms with Crippen LogP contribution in [-0.2, 0) is 19.6 Å². The molecule has 1 aliphatic rings. The number of fused-ring (bicyclic) bond motifs is 1. The molecule has 3 heterocycles. The number of aromatic nitrogens is 3. The number of benzene rings is 2. The normalized spacial score (nSPS) is 14.9. The summed E-state index contributed by atoms with van der Waals surface area (Å²) in [5.41, 5.74) is 3.79. The lowest BCUT2D eigenvalue weighted by molar-refractivity contribution is 0.0697. The molecular formula is C28H33N5O3. The van der Waals surface area contributed by atoms with E-state index in [4.69, 9.17) is 4.74 Å². The molecule has 1 saturated heterocycles. The molecule has 4 aromatic rings. The van der Waals surface area contributed by atoms with Gasteiger partial charge in [0.15, 0.2) is 0 Å². The lowest BCUT2D eigenvalue weighted by atomic mass is 10.1. The van der Waals surface area contributed by atoms with Crippen LogP contribution in [0.25, 0.3) is 10.9 Å². The number of rotatable bonds is 10. The molecule has 8 heteroatoms. The Morgan fingerprint density at radius 3 is 2.47 bits per heavy atom. The van der Waals surface area contributed by atoms with E-state index in [1.54, 1.807) is 25.4 Å². The number of nitrogens with zero attached hydrogens (tertiary/aromatic N) is 5. The van der Waals surface area contributed by atoms with E-state index in [1.807, 2.05) is 35.3 Å². The van der Waals surface area contributed by atoms with Gasteiger partial charge in [-0.2, -0.15) is 0 Å². The number of aromatic carboxylic acids is 1. The molecule has 2 aromatic heterocycles. The number of imidazole rings is 1. The molecule has 1 aliphatic heterocycles. The highest BCUT2D eigenvalue weighted by Crippen LogP contribution is 2.24. The third-order valence-corrected chi connectivity index (χ3v) is 7.03. The van der Waals surface area contributed by atoms with E-state index in [-0.39, 0.29) is 0 Å². The van der Waals surface area contributed by atoms with Crippen molar-refractivity contribution in [3.63, 3.8) is 0 Å². The van der Waals surface area contributed by atoms with E-state index in [0.29, 0.717) is 12.1 Å². The molecule has 0 aliphatic carbocycles. The van der Waals surface area contributed by atoms with Crippen LogP contribution < -0.4 is 4.74 Å². The highest BCUT2D eigenvalue weighted by molar-refractivity contribution is 5.94. The third-order valence-electron chi connectivity index (χ3n) is 7.03. The quantitative estimate of drug-likeness (QED) is 0.367. The SMILES string of the molecule is COc1ccc(CN2CCN(CCCn3cc(Cn4ccnc4)c4ccc(C(=O)O)cc43)CC2)cc1. The van der Waals surface area contributed by atoms with Crippen LogP contribution in [0.3, 0.4) is 0 Å². The molecule has 5 rings (SSSR count). The van der Waals surface area contributed by atoms with Gasteiger partial charge in [-0.25, -0.2) is 9.78 Å². The van der Waals surface area contributed by atoms with Gasteiger partial charge in [0, 0.05) is 68.8 Å². The summed E-state index contributed by atoms with van der Waals surface area (Å²) in [6, 6.07) is 13.8. The predicted molar refractivity (Wildman–Crippen MR) is 140 cm³/mol. The van der Waals surface area contributed by atoms with E-state index < -0.39 is 5.97 Å². The molecule has 0 unspecified atom stereocenters. The smallest absolute Gasteiger partial charge is 0.335 e. The molecule has 0 radical (unpaired) electrons. The molecule has 0 saturated carbocycles. The van der Waals surface area contributed by atoms with Gasteiger partial charge in [-0.05, 0) is 48.4 Å². The molecular weight excluding hydrogens is 454 g/mol. The first-order chi connectivity index (χ1) is 17.6. The first kappa shape index (κ1) is 24.1. The second-order valence-electron chi connectivity index (χ2n) is 9.44. The second kappa shape index (κ2) is 11.0. The van der Waals surface area contributed by atoms with Crippen molar-refractivity contribution in [1.82, 2.24) is 23.9 Å². The van der Waals surface area contributed by atoms with Crippen molar-refractivity contribution >= 4 is 16.9 Å². The van der Waals surface area contributed by atoms with Crippen LogP contribution in [-0.4, -0.2) is 74.8 Å². The van der Waals surface area contributed by atoms with Gasteiger partial charge in [0.05, 0.1) is 25.5 Å². The van der Waals surface area contributed by atoms with Crippen molar-refractivity contribution < 1.29 is 14.6 Å². The van der Waals surface area contributed by atoms with Crippen LogP contribution >= 0.6 is 0 Å². The standard InChI is InChI=1S/C28H33N5O3/c1-36-25-6-3-22(4-7-25)18-31-15-13-30(14-16-31)10-2-11-33-20-24(19-32-12-9-29-21-32)26-8-5-23(28(34)35)17-27(26)33/h3-9,12,17,20-21H,2,10-11,13-16,18-19H2,1H3,(H,34,35). The van der Waals surface area contributed by atoms with Crippen molar-refractivity contribution in [3.05, 3.63) is 84.1 Å². The summed E-state index contributed by atoms with van der Waals surface area (Å²) in [5, 5.41) is 10.6. The molecule has 188 valence electrons. The summed E-state index contributed by atoms with van der Waals surface area (Å²) in [6.45, 7) is 7.84. The minimum atomic E-state index is -0.895. The second-order valence-corrected chi connectivity index (χ2v) is 9.44. The summed E-state index contributed by atoms with van der Waals surface area (Å²) >= 11 is 0. The lowest BCUT2D eigenvalue weighted by Gasteiger charge is -2.34. The first-order valence-corrected chi connectivity index (χ1v) is 12.5. The van der Waals surface area contributed by atoms with Gasteiger partial charge in [-0.3, -0.25) is 4.90 Å². The van der Waals surface area contributed by atoms with E-state index in [1.165, 1.54) is 11.1 Å². The minimum Gasteiger partial charge on any atom is -0.497 e. The predicted octanol–water partition coefficient (Wildman–Crippen LogP) is 3.80. The number of carbonyl (C=O) groups is 1. The Labute approximate surface area is 211 Å². The monoisotopic (exact) mass is 487 g/mol. The highest BCUT2D eigenvalue weighted by Gasteiger charge is 2.17. The van der Waals surface area contributed by atoms with Gasteiger partial charge in [-0.1, -0.05) is 18.2 Å². The first-order valence-electron chi connectivity index (χ1n) is 12.5. The Bertz CT molecular complexity index is 1290. The Hall–Kier alpha value is -3.62. The largest absolute Gasteiger partial charge is 0.497 e. The van der Waals surface area contributed by atoms with Gasteiger partial charge in [0.2, 0.25) is 0 Å². The van der Waals surface area contributed by atoms with Crippen LogP contribution in [0.4, 0.5) is 0 Å². The summed E-state index contributed by atoms with van der Waals surface area (Å²) < 4.78 is 9.51. The van der Waals surface area contributed by atoms with E-state index >= 15 is 0 Å². The summed E-state index contributed by atoms with van der Waals surface area (Å²) in [4.78, 5) is 20.8. The zero-order chi connectivity index (χ0) is 24.9. The topological polar surface area (TPSA) is 75.8 Å². The van der Waals surface area contributed by atoms with E-state index in [0.717, 1.165) is 68.9 Å². The van der Waals surface area contributed by atoms with Gasteiger partial charge in [0.1, 0.15) is 5.75 Å². The molecule has 0 amide bonds. The maximum absolute atomic E-state index is 11.6. The molecule has 0 bridgehead atoms. The molecule has 0 atom stereocenters. The zero-order valence-corrected chi connectivity index (χ0v) is 20.7. The van der Waals surface area contributed by atoms with Crippen LogP contribution in [0.2, 0.25) is 0 Å². The van der Waals surface area contributed by atoms with Gasteiger partial charge in [-0.15, -0.1) is 0 Å². The van der Waals surface area contributed by atoms with E-state index in [9.17, 15) is 9.90 Å². The molecule has 36 heavy (non-hydrogen) atoms. The van der Waals surface area contributed by atoms with Gasteiger partial charge in [0.25, 0.3) is 0 Å². The van der Waals surface area contributed by atoms with Crippen molar-refractivity contribution in [2.75, 3.05) is 39.8 Å². The Kier molecular flexibility index (Phi) is 7.34. The number of hydrogen-bond donors (Lipinski definition) is 1. The van der Waals surface area contributed by atoms with Crippen molar-refractivity contribution in [1.29, 1.82) is 0 Å². The van der Waals surface area contributed by atoms with Crippen molar-refractivity contribution in [3.8, 4) is 5.75 Å².